The smallest absolute Gasteiger partial charge is 0.191 e. The van der Waals surface area contributed by atoms with E-state index in [0.717, 1.165) is 19.0 Å². The van der Waals surface area contributed by atoms with Gasteiger partial charge < -0.3 is 10.6 Å². The van der Waals surface area contributed by atoms with E-state index in [9.17, 15) is 0 Å². The standard InChI is InChI=1S/C15H23N3/c1-12-6-8-18(9-7-12)15(16)17-11-14-5-3-4-13(2)10-14/h3-5,10,12H,6-9,11H2,1-2H3,(H2,16,17). The zero-order chi connectivity index (χ0) is 13.0. The number of likely N-dealkylation sites (tertiary alicyclic amines) is 1. The van der Waals surface area contributed by atoms with Crippen molar-refractivity contribution in [3.05, 3.63) is 35.4 Å². The van der Waals surface area contributed by atoms with Crippen LogP contribution in [0, 0.1) is 12.8 Å². The first-order valence-corrected chi connectivity index (χ1v) is 6.75. The number of piperidine rings is 1. The van der Waals surface area contributed by atoms with E-state index in [1.54, 1.807) is 0 Å². The summed E-state index contributed by atoms with van der Waals surface area (Å²) in [5.74, 6) is 1.52. The van der Waals surface area contributed by atoms with E-state index in [0.29, 0.717) is 12.5 Å². The zero-order valence-electron chi connectivity index (χ0n) is 11.4. The lowest BCUT2D eigenvalue weighted by molar-refractivity contribution is 0.277. The van der Waals surface area contributed by atoms with Gasteiger partial charge in [0.15, 0.2) is 5.96 Å². The van der Waals surface area contributed by atoms with Crippen LogP contribution in [0.15, 0.2) is 29.3 Å². The third-order valence-corrected chi connectivity index (χ3v) is 3.61. The molecule has 98 valence electrons. The first kappa shape index (κ1) is 12.9. The molecule has 0 amide bonds. The average Bonchev–Trinajstić information content (AvgIpc) is 2.37. The number of rotatable bonds is 2. The van der Waals surface area contributed by atoms with Gasteiger partial charge in [-0.3, -0.25) is 0 Å². The van der Waals surface area contributed by atoms with Gasteiger partial charge in [0, 0.05) is 13.1 Å². The van der Waals surface area contributed by atoms with Crippen LogP contribution in [-0.4, -0.2) is 23.9 Å². The number of benzene rings is 1. The second-order valence-corrected chi connectivity index (χ2v) is 5.33. The molecule has 3 nitrogen and oxygen atoms in total. The van der Waals surface area contributed by atoms with Crippen LogP contribution in [0.4, 0.5) is 0 Å². The van der Waals surface area contributed by atoms with Crippen molar-refractivity contribution in [2.24, 2.45) is 16.6 Å². The Morgan fingerprint density at radius 1 is 1.39 bits per heavy atom. The molecule has 2 rings (SSSR count). The molecule has 0 spiro atoms. The fourth-order valence-corrected chi connectivity index (χ4v) is 2.32. The number of hydrogen-bond donors (Lipinski definition) is 1. The van der Waals surface area contributed by atoms with Crippen molar-refractivity contribution in [1.82, 2.24) is 4.90 Å². The highest BCUT2D eigenvalue weighted by atomic mass is 15.3. The third kappa shape index (κ3) is 3.49. The molecule has 1 saturated heterocycles. The van der Waals surface area contributed by atoms with Gasteiger partial charge in [0.25, 0.3) is 0 Å². The summed E-state index contributed by atoms with van der Waals surface area (Å²) in [5.41, 5.74) is 8.55. The van der Waals surface area contributed by atoms with Gasteiger partial charge in [-0.1, -0.05) is 36.8 Å². The third-order valence-electron chi connectivity index (χ3n) is 3.61. The fourth-order valence-electron chi connectivity index (χ4n) is 2.32. The molecular formula is C15H23N3. The summed E-state index contributed by atoms with van der Waals surface area (Å²) in [5, 5.41) is 0. The lowest BCUT2D eigenvalue weighted by atomic mass is 10.00. The van der Waals surface area contributed by atoms with Gasteiger partial charge in [-0.2, -0.15) is 0 Å². The van der Waals surface area contributed by atoms with E-state index in [2.05, 4.69) is 48.0 Å². The Morgan fingerprint density at radius 2 is 2.11 bits per heavy atom. The molecule has 0 atom stereocenters. The molecule has 1 aromatic carbocycles. The minimum Gasteiger partial charge on any atom is -0.370 e. The van der Waals surface area contributed by atoms with E-state index in [1.165, 1.54) is 24.0 Å². The molecule has 0 aromatic heterocycles. The monoisotopic (exact) mass is 245 g/mol. The van der Waals surface area contributed by atoms with Gasteiger partial charge in [0.2, 0.25) is 0 Å². The highest BCUT2D eigenvalue weighted by Crippen LogP contribution is 2.15. The number of nitrogens with two attached hydrogens (primary N) is 1. The van der Waals surface area contributed by atoms with E-state index in [4.69, 9.17) is 5.73 Å². The molecule has 0 unspecified atom stereocenters. The van der Waals surface area contributed by atoms with Crippen LogP contribution in [0.3, 0.4) is 0 Å². The Labute approximate surface area is 110 Å². The molecule has 0 radical (unpaired) electrons. The quantitative estimate of drug-likeness (QED) is 0.642. The predicted octanol–water partition coefficient (Wildman–Crippen LogP) is 2.54. The van der Waals surface area contributed by atoms with E-state index >= 15 is 0 Å². The topological polar surface area (TPSA) is 41.6 Å². The molecule has 3 heteroatoms. The van der Waals surface area contributed by atoms with Crippen LogP contribution >= 0.6 is 0 Å². The number of nitrogens with zero attached hydrogens (tertiary/aromatic N) is 2. The first-order valence-electron chi connectivity index (χ1n) is 6.75. The highest BCUT2D eigenvalue weighted by molar-refractivity contribution is 5.78. The SMILES string of the molecule is Cc1cccc(CN=C(N)N2CCC(C)CC2)c1. The van der Waals surface area contributed by atoms with Gasteiger partial charge >= 0.3 is 0 Å². The van der Waals surface area contributed by atoms with E-state index in [-0.39, 0.29) is 0 Å². The van der Waals surface area contributed by atoms with Crippen LogP contribution in [-0.2, 0) is 6.54 Å². The molecule has 1 aromatic rings. The van der Waals surface area contributed by atoms with Crippen molar-refractivity contribution in [2.75, 3.05) is 13.1 Å². The van der Waals surface area contributed by atoms with Crippen molar-refractivity contribution in [3.8, 4) is 0 Å². The Hall–Kier alpha value is -1.51. The maximum Gasteiger partial charge on any atom is 0.191 e. The van der Waals surface area contributed by atoms with Crippen LogP contribution in [0.2, 0.25) is 0 Å². The van der Waals surface area contributed by atoms with Crippen LogP contribution in [0.5, 0.6) is 0 Å². The van der Waals surface area contributed by atoms with Gasteiger partial charge in [-0.15, -0.1) is 0 Å². The Morgan fingerprint density at radius 3 is 2.78 bits per heavy atom. The number of aryl methyl sites for hydroxylation is 1. The molecule has 0 saturated carbocycles. The maximum absolute atomic E-state index is 6.06. The summed E-state index contributed by atoms with van der Waals surface area (Å²) in [6.07, 6.45) is 2.45. The second kappa shape index (κ2) is 5.89. The minimum absolute atomic E-state index is 0.680. The number of guanidine groups is 1. The molecule has 0 bridgehead atoms. The van der Waals surface area contributed by atoms with Gasteiger partial charge in [0.05, 0.1) is 6.54 Å². The molecule has 1 aliphatic rings. The lowest BCUT2D eigenvalue weighted by Crippen LogP contribution is -2.42. The molecule has 18 heavy (non-hydrogen) atoms. The summed E-state index contributed by atoms with van der Waals surface area (Å²) in [4.78, 5) is 6.71. The summed E-state index contributed by atoms with van der Waals surface area (Å²) >= 11 is 0. The van der Waals surface area contributed by atoms with Crippen molar-refractivity contribution >= 4 is 5.96 Å². The minimum atomic E-state index is 0.680. The maximum atomic E-state index is 6.06. The lowest BCUT2D eigenvalue weighted by Gasteiger charge is -2.31. The molecule has 1 aliphatic heterocycles. The molecule has 1 heterocycles. The second-order valence-electron chi connectivity index (χ2n) is 5.33. The van der Waals surface area contributed by atoms with Crippen LogP contribution < -0.4 is 5.73 Å². The van der Waals surface area contributed by atoms with Crippen molar-refractivity contribution in [3.63, 3.8) is 0 Å². The summed E-state index contributed by atoms with van der Waals surface area (Å²) in [6, 6.07) is 8.43. The van der Waals surface area contributed by atoms with E-state index in [1.807, 2.05) is 0 Å². The molecular weight excluding hydrogens is 222 g/mol. The Balaban J connectivity index is 1.92. The molecule has 0 aliphatic carbocycles. The van der Waals surface area contributed by atoms with Gasteiger partial charge in [-0.25, -0.2) is 4.99 Å². The average molecular weight is 245 g/mol. The fraction of sp³-hybridized carbons (Fsp3) is 0.533. The number of aliphatic imine (C=N–C) groups is 1. The van der Waals surface area contributed by atoms with Gasteiger partial charge in [0.1, 0.15) is 0 Å². The van der Waals surface area contributed by atoms with Crippen molar-refractivity contribution in [1.29, 1.82) is 0 Å². The zero-order valence-corrected chi connectivity index (χ0v) is 11.4. The van der Waals surface area contributed by atoms with Crippen LogP contribution in [0.25, 0.3) is 0 Å². The molecule has 1 fully saturated rings. The summed E-state index contributed by atoms with van der Waals surface area (Å²) < 4.78 is 0. The van der Waals surface area contributed by atoms with Crippen LogP contribution in [0.1, 0.15) is 30.9 Å². The normalized spacial score (nSPS) is 18.1. The largest absolute Gasteiger partial charge is 0.370 e. The summed E-state index contributed by atoms with van der Waals surface area (Å²) in [6.45, 7) is 7.17. The first-order chi connectivity index (χ1) is 8.65. The molecule has 2 N–H and O–H groups in total. The Bertz CT molecular complexity index is 418. The number of hydrogen-bond acceptors (Lipinski definition) is 1. The highest BCUT2D eigenvalue weighted by Gasteiger charge is 2.16. The van der Waals surface area contributed by atoms with Crippen molar-refractivity contribution < 1.29 is 0 Å². The summed E-state index contributed by atoms with van der Waals surface area (Å²) in [7, 11) is 0. The Kier molecular flexibility index (Phi) is 4.24. The van der Waals surface area contributed by atoms with Gasteiger partial charge in [-0.05, 0) is 31.2 Å². The predicted molar refractivity (Wildman–Crippen MR) is 76.5 cm³/mol. The van der Waals surface area contributed by atoms with E-state index < -0.39 is 0 Å². The van der Waals surface area contributed by atoms with Crippen molar-refractivity contribution in [2.45, 2.75) is 33.2 Å².